The van der Waals surface area contributed by atoms with Crippen molar-refractivity contribution < 1.29 is 4.74 Å². The Bertz CT molecular complexity index is 367. The van der Waals surface area contributed by atoms with Gasteiger partial charge in [-0.15, -0.1) is 0 Å². The van der Waals surface area contributed by atoms with E-state index in [0.29, 0.717) is 18.2 Å². The third-order valence-electron chi connectivity index (χ3n) is 3.62. The fourth-order valence-corrected chi connectivity index (χ4v) is 2.49. The number of hydrogen-bond donors (Lipinski definition) is 1. The summed E-state index contributed by atoms with van der Waals surface area (Å²) >= 11 is 0. The van der Waals surface area contributed by atoms with E-state index >= 15 is 0 Å². The van der Waals surface area contributed by atoms with E-state index in [0.717, 1.165) is 12.8 Å². The number of rotatable bonds is 4. The average molecular weight is 234 g/mol. The second kappa shape index (κ2) is 5.61. The maximum absolute atomic E-state index is 5.94. The van der Waals surface area contributed by atoms with Crippen molar-refractivity contribution in [3.63, 3.8) is 0 Å². The molecule has 0 spiro atoms. The normalized spacial score (nSPS) is 26.1. The number of aromatic nitrogens is 1. The molecule has 94 valence electrons. The minimum Gasteiger partial charge on any atom is -0.374 e. The Kier molecular flexibility index (Phi) is 4.13. The standard InChI is InChI=1S/C14H22N2O/c1-10-5-4-8-16-12(10)9-13(15-3)14-7-6-11(2)17-14/h4-5,8,11,13-15H,6-7,9H2,1-3H3. The summed E-state index contributed by atoms with van der Waals surface area (Å²) in [5, 5.41) is 3.38. The lowest BCUT2D eigenvalue weighted by Crippen LogP contribution is -2.39. The molecule has 3 nitrogen and oxygen atoms in total. The zero-order valence-electron chi connectivity index (χ0n) is 10.9. The molecule has 1 aliphatic heterocycles. The zero-order chi connectivity index (χ0) is 12.3. The van der Waals surface area contributed by atoms with Gasteiger partial charge in [-0.3, -0.25) is 4.98 Å². The highest BCUT2D eigenvalue weighted by Crippen LogP contribution is 2.23. The molecule has 3 unspecified atom stereocenters. The highest BCUT2D eigenvalue weighted by molar-refractivity contribution is 5.19. The molecule has 1 aromatic heterocycles. The first kappa shape index (κ1) is 12.5. The third-order valence-corrected chi connectivity index (χ3v) is 3.62. The third kappa shape index (κ3) is 3.05. The Morgan fingerprint density at radius 3 is 2.94 bits per heavy atom. The van der Waals surface area contributed by atoms with Crippen molar-refractivity contribution in [2.45, 2.75) is 51.4 Å². The van der Waals surface area contributed by atoms with Crippen LogP contribution >= 0.6 is 0 Å². The molecule has 0 amide bonds. The summed E-state index contributed by atoms with van der Waals surface area (Å²) in [7, 11) is 2.01. The summed E-state index contributed by atoms with van der Waals surface area (Å²) in [5.74, 6) is 0. The van der Waals surface area contributed by atoms with E-state index in [4.69, 9.17) is 4.74 Å². The molecule has 0 aliphatic carbocycles. The molecule has 2 heterocycles. The molecule has 0 bridgehead atoms. The van der Waals surface area contributed by atoms with Gasteiger partial charge in [-0.05, 0) is 45.4 Å². The van der Waals surface area contributed by atoms with Crippen LogP contribution in [0.5, 0.6) is 0 Å². The second-order valence-corrected chi connectivity index (χ2v) is 4.93. The smallest absolute Gasteiger partial charge is 0.0736 e. The SMILES string of the molecule is CNC(Cc1ncccc1C)C1CCC(C)O1. The number of nitrogens with one attached hydrogen (secondary N) is 1. The molecule has 0 saturated carbocycles. The van der Waals surface area contributed by atoms with Crippen LogP contribution in [0.4, 0.5) is 0 Å². The first-order valence-electron chi connectivity index (χ1n) is 6.44. The summed E-state index contributed by atoms with van der Waals surface area (Å²) in [4.78, 5) is 4.46. The van der Waals surface area contributed by atoms with Gasteiger partial charge in [0.25, 0.3) is 0 Å². The zero-order valence-corrected chi connectivity index (χ0v) is 10.9. The lowest BCUT2D eigenvalue weighted by Gasteiger charge is -2.23. The quantitative estimate of drug-likeness (QED) is 0.866. The van der Waals surface area contributed by atoms with Crippen molar-refractivity contribution in [1.82, 2.24) is 10.3 Å². The van der Waals surface area contributed by atoms with Crippen LogP contribution < -0.4 is 5.32 Å². The molecular weight excluding hydrogens is 212 g/mol. The number of ether oxygens (including phenoxy) is 1. The van der Waals surface area contributed by atoms with Crippen molar-refractivity contribution >= 4 is 0 Å². The highest BCUT2D eigenvalue weighted by Gasteiger charge is 2.29. The van der Waals surface area contributed by atoms with Crippen molar-refractivity contribution in [3.8, 4) is 0 Å². The number of nitrogens with zero attached hydrogens (tertiary/aromatic N) is 1. The average Bonchev–Trinajstić information content (AvgIpc) is 2.75. The van der Waals surface area contributed by atoms with Gasteiger partial charge in [-0.25, -0.2) is 0 Å². The lowest BCUT2D eigenvalue weighted by atomic mass is 10.0. The van der Waals surface area contributed by atoms with Gasteiger partial charge in [-0.1, -0.05) is 6.07 Å². The second-order valence-electron chi connectivity index (χ2n) is 4.93. The summed E-state index contributed by atoms with van der Waals surface area (Å²) in [5.41, 5.74) is 2.44. The van der Waals surface area contributed by atoms with Gasteiger partial charge in [-0.2, -0.15) is 0 Å². The lowest BCUT2D eigenvalue weighted by molar-refractivity contribution is 0.0335. The van der Waals surface area contributed by atoms with Crippen LogP contribution in [0.2, 0.25) is 0 Å². The molecule has 1 fully saturated rings. The van der Waals surface area contributed by atoms with E-state index in [1.54, 1.807) is 0 Å². The molecule has 1 aromatic rings. The van der Waals surface area contributed by atoms with Crippen molar-refractivity contribution in [1.29, 1.82) is 0 Å². The minimum atomic E-state index is 0.330. The van der Waals surface area contributed by atoms with E-state index in [9.17, 15) is 0 Å². The van der Waals surface area contributed by atoms with Gasteiger partial charge < -0.3 is 10.1 Å². The molecule has 17 heavy (non-hydrogen) atoms. The fraction of sp³-hybridized carbons (Fsp3) is 0.643. The fourth-order valence-electron chi connectivity index (χ4n) is 2.49. The van der Waals surface area contributed by atoms with E-state index in [1.807, 2.05) is 19.3 Å². The van der Waals surface area contributed by atoms with Gasteiger partial charge >= 0.3 is 0 Å². The number of hydrogen-bond acceptors (Lipinski definition) is 3. The molecule has 1 aliphatic rings. The maximum atomic E-state index is 5.94. The molecule has 1 saturated heterocycles. The maximum Gasteiger partial charge on any atom is 0.0736 e. The van der Waals surface area contributed by atoms with Gasteiger partial charge in [0.15, 0.2) is 0 Å². The summed E-state index contributed by atoms with van der Waals surface area (Å²) < 4.78 is 5.94. The number of likely N-dealkylation sites (N-methyl/N-ethyl adjacent to an activating group) is 1. The largest absolute Gasteiger partial charge is 0.374 e. The van der Waals surface area contributed by atoms with Crippen LogP contribution in [-0.2, 0) is 11.2 Å². The molecule has 3 atom stereocenters. The molecule has 3 heteroatoms. The Labute approximate surface area is 104 Å². The molecule has 0 radical (unpaired) electrons. The first-order valence-corrected chi connectivity index (χ1v) is 6.44. The monoisotopic (exact) mass is 234 g/mol. The van der Waals surface area contributed by atoms with Gasteiger partial charge in [0.05, 0.1) is 12.2 Å². The molecule has 1 N–H and O–H groups in total. The Balaban J connectivity index is 2.03. The first-order chi connectivity index (χ1) is 8.20. The Morgan fingerprint density at radius 1 is 1.53 bits per heavy atom. The summed E-state index contributed by atoms with van der Waals surface area (Å²) in [6.07, 6.45) is 5.87. The molecular formula is C14H22N2O. The highest BCUT2D eigenvalue weighted by atomic mass is 16.5. The van der Waals surface area contributed by atoms with Crippen molar-refractivity contribution in [2.24, 2.45) is 0 Å². The summed E-state index contributed by atoms with van der Waals surface area (Å²) in [6, 6.07) is 4.47. The van der Waals surface area contributed by atoms with Crippen LogP contribution in [0.1, 0.15) is 31.0 Å². The minimum absolute atomic E-state index is 0.330. The Hall–Kier alpha value is -0.930. The molecule has 2 rings (SSSR count). The van der Waals surface area contributed by atoms with E-state index in [-0.39, 0.29) is 0 Å². The van der Waals surface area contributed by atoms with Gasteiger partial charge in [0, 0.05) is 24.4 Å². The van der Waals surface area contributed by atoms with Crippen LogP contribution in [0.25, 0.3) is 0 Å². The van der Waals surface area contributed by atoms with Crippen molar-refractivity contribution in [2.75, 3.05) is 7.05 Å². The van der Waals surface area contributed by atoms with E-state index < -0.39 is 0 Å². The summed E-state index contributed by atoms with van der Waals surface area (Å²) in [6.45, 7) is 4.27. The Morgan fingerprint density at radius 2 is 2.35 bits per heavy atom. The van der Waals surface area contributed by atoms with Crippen LogP contribution in [0.15, 0.2) is 18.3 Å². The van der Waals surface area contributed by atoms with Crippen LogP contribution in [0, 0.1) is 6.92 Å². The molecule has 0 aromatic carbocycles. The topological polar surface area (TPSA) is 34.2 Å². The van der Waals surface area contributed by atoms with Gasteiger partial charge in [0.2, 0.25) is 0 Å². The van der Waals surface area contributed by atoms with E-state index in [2.05, 4.69) is 30.2 Å². The van der Waals surface area contributed by atoms with Crippen molar-refractivity contribution in [3.05, 3.63) is 29.6 Å². The van der Waals surface area contributed by atoms with Gasteiger partial charge in [0.1, 0.15) is 0 Å². The van der Waals surface area contributed by atoms with Crippen LogP contribution in [0.3, 0.4) is 0 Å². The predicted molar refractivity (Wildman–Crippen MR) is 69.1 cm³/mol. The predicted octanol–water partition coefficient (Wildman–Crippen LogP) is 2.09. The van der Waals surface area contributed by atoms with Crippen LogP contribution in [-0.4, -0.2) is 30.3 Å². The number of aryl methyl sites for hydroxylation is 1. The number of pyridine rings is 1. The van der Waals surface area contributed by atoms with E-state index in [1.165, 1.54) is 17.7 Å².